The van der Waals surface area contributed by atoms with E-state index in [9.17, 15) is 10.2 Å². The number of hydrogen-bond acceptors (Lipinski definition) is 2. The summed E-state index contributed by atoms with van der Waals surface area (Å²) in [7, 11) is 17.7. The molecule has 1 aliphatic rings. The van der Waals surface area contributed by atoms with Gasteiger partial charge in [-0.15, -0.1) is 5.11 Å². The maximum Gasteiger partial charge on any atom is 0.123 e. The predicted octanol–water partition coefficient (Wildman–Crippen LogP) is 4.46. The van der Waals surface area contributed by atoms with Crippen LogP contribution in [0.4, 0.5) is 0 Å². The fourth-order valence-electron chi connectivity index (χ4n) is 4.20. The Labute approximate surface area is 178 Å². The monoisotopic (exact) mass is 378 g/mol. The van der Waals surface area contributed by atoms with Crippen molar-refractivity contribution < 1.29 is 10.2 Å². The quantitative estimate of drug-likeness (QED) is 0.576. The molecule has 2 nitrogen and oxygen atoms in total. The van der Waals surface area contributed by atoms with Crippen LogP contribution in [-0.2, 0) is 12.8 Å². The van der Waals surface area contributed by atoms with Crippen LogP contribution >= 0.6 is 0 Å². The van der Waals surface area contributed by atoms with Crippen LogP contribution in [0.3, 0.4) is 0 Å². The number of hydrogen-bond donors (Lipinski definition) is 2. The van der Waals surface area contributed by atoms with E-state index < -0.39 is 5.11 Å². The van der Waals surface area contributed by atoms with Crippen molar-refractivity contribution in [2.45, 2.75) is 43.6 Å². The van der Waals surface area contributed by atoms with E-state index in [-0.39, 0.29) is 23.3 Å². The molecule has 142 valence electrons. The lowest BCUT2D eigenvalue weighted by Gasteiger charge is -2.37. The summed E-state index contributed by atoms with van der Waals surface area (Å²) >= 11 is 0. The second-order valence-electron chi connectivity index (χ2n) is 8.18. The molecule has 3 rings (SSSR count). The Balaban J connectivity index is 1.92. The van der Waals surface area contributed by atoms with Crippen LogP contribution in [0.15, 0.2) is 66.3 Å². The summed E-state index contributed by atoms with van der Waals surface area (Å²) in [5.74, 6) is -0.0838. The van der Waals surface area contributed by atoms with E-state index in [2.05, 4.69) is 18.7 Å². The van der Waals surface area contributed by atoms with Crippen LogP contribution in [0, 0.1) is 5.92 Å². The van der Waals surface area contributed by atoms with E-state index >= 15 is 0 Å². The number of rotatable bonds is 6. The SMILES string of the molecule is [B]C([B])([B])C1=CC(c2c(O)cc(CCc3ccccc3)cc2O)C(C(=C)C)CC1. The second-order valence-corrected chi connectivity index (χ2v) is 8.18. The molecule has 6 radical (unpaired) electrons. The molecule has 0 bridgehead atoms. The van der Waals surface area contributed by atoms with Gasteiger partial charge >= 0.3 is 0 Å². The Hall–Kier alpha value is -2.29. The van der Waals surface area contributed by atoms with E-state index in [4.69, 9.17) is 23.5 Å². The summed E-state index contributed by atoms with van der Waals surface area (Å²) in [5.41, 5.74) is 4.26. The van der Waals surface area contributed by atoms with Gasteiger partial charge in [-0.2, -0.15) is 0 Å². The summed E-state index contributed by atoms with van der Waals surface area (Å²) in [4.78, 5) is 0. The zero-order valence-corrected chi connectivity index (χ0v) is 16.9. The first-order valence-corrected chi connectivity index (χ1v) is 9.98. The molecule has 5 heteroatoms. The fraction of sp³-hybridized carbons (Fsp3) is 0.333. The van der Waals surface area contributed by atoms with Gasteiger partial charge in [0.05, 0.1) is 23.5 Å². The molecule has 0 saturated heterocycles. The van der Waals surface area contributed by atoms with Crippen LogP contribution in [-0.4, -0.2) is 33.8 Å². The summed E-state index contributed by atoms with van der Waals surface area (Å²) < 4.78 is 0. The van der Waals surface area contributed by atoms with Crippen molar-refractivity contribution in [3.8, 4) is 11.5 Å². The molecule has 2 unspecified atom stereocenters. The maximum absolute atomic E-state index is 10.8. The fourth-order valence-corrected chi connectivity index (χ4v) is 4.20. The van der Waals surface area contributed by atoms with Gasteiger partial charge < -0.3 is 10.2 Å². The molecular weight excluding hydrogens is 353 g/mol. The van der Waals surface area contributed by atoms with Gasteiger partial charge in [0, 0.05) is 11.5 Å². The van der Waals surface area contributed by atoms with Crippen molar-refractivity contribution in [3.05, 3.63) is 83.0 Å². The molecular formula is C24H25B3O2. The zero-order chi connectivity index (χ0) is 21.2. The number of aryl methyl sites for hydroxylation is 2. The Kier molecular flexibility index (Phi) is 6.36. The number of benzene rings is 2. The van der Waals surface area contributed by atoms with Gasteiger partial charge in [0.2, 0.25) is 0 Å². The number of phenols is 2. The Morgan fingerprint density at radius 1 is 1.03 bits per heavy atom. The molecule has 0 fully saturated rings. The van der Waals surface area contributed by atoms with Gasteiger partial charge in [-0.1, -0.05) is 54.1 Å². The second kappa shape index (κ2) is 8.61. The third-order valence-electron chi connectivity index (χ3n) is 5.80. The first kappa shape index (κ1) is 21.4. The minimum absolute atomic E-state index is 0.0630. The highest BCUT2D eigenvalue weighted by Crippen LogP contribution is 2.48. The molecule has 0 saturated carbocycles. The minimum Gasteiger partial charge on any atom is -0.507 e. The van der Waals surface area contributed by atoms with Crippen molar-refractivity contribution >= 4 is 23.5 Å². The van der Waals surface area contributed by atoms with Gasteiger partial charge in [-0.05, 0) is 61.8 Å². The smallest absolute Gasteiger partial charge is 0.123 e. The molecule has 0 aliphatic heterocycles. The van der Waals surface area contributed by atoms with Crippen LogP contribution in [0.5, 0.6) is 11.5 Å². The molecule has 0 amide bonds. The highest BCUT2D eigenvalue weighted by atomic mass is 16.3. The van der Waals surface area contributed by atoms with Crippen molar-refractivity contribution in [2.75, 3.05) is 0 Å². The van der Waals surface area contributed by atoms with Crippen LogP contribution in [0.1, 0.15) is 42.4 Å². The first-order valence-electron chi connectivity index (χ1n) is 9.98. The molecule has 0 aromatic heterocycles. The lowest BCUT2D eigenvalue weighted by molar-refractivity contribution is 0.405. The molecule has 0 spiro atoms. The molecule has 2 aromatic rings. The molecule has 29 heavy (non-hydrogen) atoms. The van der Waals surface area contributed by atoms with Crippen molar-refractivity contribution in [2.24, 2.45) is 5.92 Å². The summed E-state index contributed by atoms with van der Waals surface area (Å²) in [6.07, 6.45) is 4.86. The normalized spacial score (nSPS) is 19.6. The van der Waals surface area contributed by atoms with E-state index in [1.54, 1.807) is 12.1 Å². The lowest BCUT2D eigenvalue weighted by atomic mass is 9.38. The zero-order valence-electron chi connectivity index (χ0n) is 16.9. The maximum atomic E-state index is 10.8. The summed E-state index contributed by atoms with van der Waals surface area (Å²) in [6.45, 7) is 6.05. The van der Waals surface area contributed by atoms with E-state index in [1.807, 2.05) is 31.2 Å². The van der Waals surface area contributed by atoms with Crippen molar-refractivity contribution in [1.82, 2.24) is 0 Å². The molecule has 2 atom stereocenters. The third kappa shape index (κ3) is 5.01. The lowest BCUT2D eigenvalue weighted by Crippen LogP contribution is -2.24. The average Bonchev–Trinajstić information content (AvgIpc) is 2.66. The van der Waals surface area contributed by atoms with E-state index in [1.165, 1.54) is 5.56 Å². The highest BCUT2D eigenvalue weighted by Gasteiger charge is 2.33. The van der Waals surface area contributed by atoms with E-state index in [0.717, 1.165) is 30.4 Å². The first-order chi connectivity index (χ1) is 13.7. The molecule has 2 N–H and O–H groups in total. The molecule has 0 heterocycles. The molecule has 2 aromatic carbocycles. The minimum atomic E-state index is -1.42. The number of aromatic hydroxyl groups is 2. The van der Waals surface area contributed by atoms with Gasteiger partial charge in [-0.25, -0.2) is 0 Å². The van der Waals surface area contributed by atoms with Crippen molar-refractivity contribution in [3.63, 3.8) is 0 Å². The Bertz CT molecular complexity index is 890. The van der Waals surface area contributed by atoms with Gasteiger partial charge in [-0.3, -0.25) is 0 Å². The summed E-state index contributed by atoms with van der Waals surface area (Å²) in [5, 5.41) is 20.2. The van der Waals surface area contributed by atoms with Gasteiger partial charge in [0.15, 0.2) is 0 Å². The largest absolute Gasteiger partial charge is 0.507 e. The highest BCUT2D eigenvalue weighted by molar-refractivity contribution is 6.61. The Morgan fingerprint density at radius 2 is 1.62 bits per heavy atom. The number of allylic oxidation sites excluding steroid dienone is 3. The predicted molar refractivity (Wildman–Crippen MR) is 122 cm³/mol. The topological polar surface area (TPSA) is 40.5 Å². The van der Waals surface area contributed by atoms with E-state index in [0.29, 0.717) is 17.6 Å². The van der Waals surface area contributed by atoms with Gasteiger partial charge in [0.25, 0.3) is 0 Å². The number of phenolic OH excluding ortho intramolecular Hbond substituents is 2. The van der Waals surface area contributed by atoms with Gasteiger partial charge in [0.1, 0.15) is 11.5 Å². The van der Waals surface area contributed by atoms with Crippen LogP contribution in [0.2, 0.25) is 5.11 Å². The standard InChI is InChI=1S/C24H25B3O2/c1-15(2)19-11-10-18(24(25,26)27)14-20(19)23-21(28)12-17(13-22(23)29)9-8-16-6-4-3-5-7-16/h3-7,12-14,19-20,28-29H,1,8-11H2,2H3. The average molecular weight is 378 g/mol. The Morgan fingerprint density at radius 3 is 2.17 bits per heavy atom. The third-order valence-corrected chi connectivity index (χ3v) is 5.80. The molecule has 1 aliphatic carbocycles. The van der Waals surface area contributed by atoms with Crippen molar-refractivity contribution in [1.29, 1.82) is 0 Å². The summed E-state index contributed by atoms with van der Waals surface area (Å²) in [6, 6.07) is 13.6. The van der Waals surface area contributed by atoms with Crippen LogP contribution in [0.25, 0.3) is 0 Å². The van der Waals surface area contributed by atoms with Crippen LogP contribution < -0.4 is 0 Å².